The summed E-state index contributed by atoms with van der Waals surface area (Å²) in [6.07, 6.45) is 2.80. The van der Waals surface area contributed by atoms with Crippen LogP contribution >= 0.6 is 0 Å². The minimum absolute atomic E-state index is 0.0307. The Balaban J connectivity index is 1.77. The lowest BCUT2D eigenvalue weighted by Gasteiger charge is -2.32. The molecular weight excluding hydrogens is 200 g/mol. The van der Waals surface area contributed by atoms with E-state index in [9.17, 15) is 0 Å². The molecule has 0 saturated heterocycles. The van der Waals surface area contributed by atoms with E-state index in [0.717, 1.165) is 42.8 Å². The third-order valence-electron chi connectivity index (χ3n) is 4.98. The highest BCUT2D eigenvalue weighted by Crippen LogP contribution is 2.54. The van der Waals surface area contributed by atoms with E-state index >= 15 is 0 Å². The monoisotopic (exact) mass is 226 g/mol. The van der Waals surface area contributed by atoms with Crippen molar-refractivity contribution in [1.29, 1.82) is 0 Å². The highest BCUT2D eigenvalue weighted by atomic mass is 16.7. The highest BCUT2D eigenvalue weighted by Gasteiger charge is 2.48. The number of ether oxygens (including phenoxy) is 2. The maximum atomic E-state index is 5.78. The molecule has 2 saturated carbocycles. The van der Waals surface area contributed by atoms with Gasteiger partial charge in [-0.15, -0.1) is 0 Å². The van der Waals surface area contributed by atoms with Gasteiger partial charge in [-0.25, -0.2) is 0 Å². The van der Waals surface area contributed by atoms with Gasteiger partial charge < -0.3 is 9.47 Å². The Hall–Kier alpha value is -0.0800. The van der Waals surface area contributed by atoms with Gasteiger partial charge >= 0.3 is 0 Å². The summed E-state index contributed by atoms with van der Waals surface area (Å²) in [4.78, 5) is 0. The van der Waals surface area contributed by atoms with Gasteiger partial charge in [-0.05, 0) is 56.3 Å². The van der Waals surface area contributed by atoms with Crippen molar-refractivity contribution in [2.24, 2.45) is 29.6 Å². The predicted molar refractivity (Wildman–Crippen MR) is 65.1 cm³/mol. The summed E-state index contributed by atoms with van der Waals surface area (Å²) < 4.78 is 11.2. The van der Waals surface area contributed by atoms with Gasteiger partial charge in [-0.2, -0.15) is 0 Å². The van der Waals surface area contributed by atoms with E-state index in [1.807, 2.05) is 13.8 Å². The van der Waals surface area contributed by atoms with Crippen LogP contribution in [0.1, 0.15) is 40.5 Å². The molecule has 2 rings (SSSR count). The van der Waals surface area contributed by atoms with Crippen molar-refractivity contribution in [3.05, 3.63) is 0 Å². The van der Waals surface area contributed by atoms with Crippen molar-refractivity contribution >= 4 is 0 Å². The molecule has 2 nitrogen and oxygen atoms in total. The zero-order valence-corrected chi connectivity index (χ0v) is 11.1. The molecule has 0 aromatic heterocycles. The summed E-state index contributed by atoms with van der Waals surface area (Å²) in [5.41, 5.74) is 0. The molecule has 0 spiro atoms. The predicted octanol–water partition coefficient (Wildman–Crippen LogP) is 3.31. The van der Waals surface area contributed by atoms with Gasteiger partial charge in [0.2, 0.25) is 0 Å². The van der Waals surface area contributed by atoms with E-state index in [0.29, 0.717) is 0 Å². The summed E-state index contributed by atoms with van der Waals surface area (Å²) in [5.74, 6) is 4.50. The molecule has 6 unspecified atom stereocenters. The number of hydrogen-bond donors (Lipinski definition) is 0. The molecule has 0 aromatic rings. The Labute approximate surface area is 99.7 Å². The van der Waals surface area contributed by atoms with Crippen molar-refractivity contribution in [1.82, 2.24) is 0 Å². The van der Waals surface area contributed by atoms with Crippen LogP contribution in [0.25, 0.3) is 0 Å². The van der Waals surface area contributed by atoms with Crippen molar-refractivity contribution < 1.29 is 9.47 Å². The molecule has 0 heterocycles. The minimum Gasteiger partial charge on any atom is -0.353 e. The first-order valence-corrected chi connectivity index (χ1v) is 6.86. The first-order chi connectivity index (χ1) is 7.63. The fraction of sp³-hybridized carbons (Fsp3) is 1.00. The van der Waals surface area contributed by atoms with Gasteiger partial charge in [0.25, 0.3) is 0 Å². The first kappa shape index (κ1) is 12.4. The van der Waals surface area contributed by atoms with Crippen molar-refractivity contribution in [3.63, 3.8) is 0 Å². The molecule has 2 heteroatoms. The molecule has 0 N–H and O–H groups in total. The molecule has 2 bridgehead atoms. The summed E-state index contributed by atoms with van der Waals surface area (Å²) in [7, 11) is 0. The second kappa shape index (κ2) is 5.05. The minimum atomic E-state index is -0.0307. The van der Waals surface area contributed by atoms with Crippen LogP contribution < -0.4 is 0 Å². The lowest BCUT2D eigenvalue weighted by molar-refractivity contribution is -0.140. The van der Waals surface area contributed by atoms with Crippen LogP contribution in [0.2, 0.25) is 0 Å². The van der Waals surface area contributed by atoms with Gasteiger partial charge in [-0.3, -0.25) is 0 Å². The van der Waals surface area contributed by atoms with Crippen LogP contribution in [0.4, 0.5) is 0 Å². The van der Waals surface area contributed by atoms with Crippen LogP contribution in [0, 0.1) is 29.6 Å². The van der Waals surface area contributed by atoms with Crippen molar-refractivity contribution in [2.45, 2.75) is 46.8 Å². The molecule has 0 radical (unpaired) electrons. The standard InChI is InChI=1S/C14H26O2/c1-5-15-11(4)16-8-13-6-12-7-14(13)10(3)9(12)2/h9-14H,5-8H2,1-4H3. The van der Waals surface area contributed by atoms with Crippen LogP contribution in [0.5, 0.6) is 0 Å². The molecular formula is C14H26O2. The van der Waals surface area contributed by atoms with Gasteiger partial charge in [-0.1, -0.05) is 13.8 Å². The van der Waals surface area contributed by atoms with E-state index in [-0.39, 0.29) is 6.29 Å². The van der Waals surface area contributed by atoms with Gasteiger partial charge in [0.1, 0.15) is 0 Å². The Morgan fingerprint density at radius 1 is 1.12 bits per heavy atom. The number of fused-ring (bicyclic) bond motifs is 2. The molecule has 0 aliphatic heterocycles. The molecule has 2 aliphatic rings. The molecule has 0 amide bonds. The largest absolute Gasteiger partial charge is 0.353 e. The third-order valence-corrected chi connectivity index (χ3v) is 4.98. The second-order valence-electron chi connectivity index (χ2n) is 5.73. The molecule has 2 fully saturated rings. The SMILES string of the molecule is CCOC(C)OCC1CC2CC1C(C)C2C. The van der Waals surface area contributed by atoms with E-state index in [4.69, 9.17) is 9.47 Å². The van der Waals surface area contributed by atoms with Crippen molar-refractivity contribution in [3.8, 4) is 0 Å². The van der Waals surface area contributed by atoms with Gasteiger partial charge in [0.15, 0.2) is 6.29 Å². The Bertz CT molecular complexity index is 227. The van der Waals surface area contributed by atoms with E-state index in [1.54, 1.807) is 0 Å². The topological polar surface area (TPSA) is 18.5 Å². The maximum Gasteiger partial charge on any atom is 0.154 e. The van der Waals surface area contributed by atoms with Crippen LogP contribution in [-0.2, 0) is 9.47 Å². The molecule has 2 aliphatic carbocycles. The average molecular weight is 226 g/mol. The third kappa shape index (κ3) is 2.28. The Kier molecular flexibility index (Phi) is 3.91. The maximum absolute atomic E-state index is 5.78. The van der Waals surface area contributed by atoms with Crippen molar-refractivity contribution in [2.75, 3.05) is 13.2 Å². The highest BCUT2D eigenvalue weighted by molar-refractivity contribution is 4.97. The van der Waals surface area contributed by atoms with Crippen LogP contribution in [-0.4, -0.2) is 19.5 Å². The average Bonchev–Trinajstić information content (AvgIpc) is 2.78. The van der Waals surface area contributed by atoms with E-state index < -0.39 is 0 Å². The summed E-state index contributed by atoms with van der Waals surface area (Å²) in [6, 6.07) is 0. The molecule has 16 heavy (non-hydrogen) atoms. The molecule has 0 aromatic carbocycles. The molecule has 6 atom stereocenters. The fourth-order valence-electron chi connectivity index (χ4n) is 3.83. The second-order valence-corrected chi connectivity index (χ2v) is 5.73. The summed E-state index contributed by atoms with van der Waals surface area (Å²) >= 11 is 0. The summed E-state index contributed by atoms with van der Waals surface area (Å²) in [6.45, 7) is 10.5. The normalized spacial score (nSPS) is 43.9. The fourth-order valence-corrected chi connectivity index (χ4v) is 3.83. The smallest absolute Gasteiger partial charge is 0.154 e. The quantitative estimate of drug-likeness (QED) is 0.670. The van der Waals surface area contributed by atoms with Gasteiger partial charge in [0, 0.05) is 6.61 Å². The zero-order chi connectivity index (χ0) is 11.7. The Morgan fingerprint density at radius 2 is 1.88 bits per heavy atom. The number of rotatable bonds is 5. The lowest BCUT2D eigenvalue weighted by Crippen LogP contribution is -2.29. The Morgan fingerprint density at radius 3 is 2.44 bits per heavy atom. The number of hydrogen-bond acceptors (Lipinski definition) is 2. The van der Waals surface area contributed by atoms with E-state index in [2.05, 4.69) is 13.8 Å². The van der Waals surface area contributed by atoms with Crippen LogP contribution in [0.15, 0.2) is 0 Å². The summed E-state index contributed by atoms with van der Waals surface area (Å²) in [5, 5.41) is 0. The van der Waals surface area contributed by atoms with E-state index in [1.165, 1.54) is 12.8 Å². The first-order valence-electron chi connectivity index (χ1n) is 6.86. The zero-order valence-electron chi connectivity index (χ0n) is 11.1. The van der Waals surface area contributed by atoms with Crippen LogP contribution in [0.3, 0.4) is 0 Å². The molecule has 94 valence electrons. The van der Waals surface area contributed by atoms with Gasteiger partial charge in [0.05, 0.1) is 6.61 Å². The lowest BCUT2D eigenvalue weighted by atomic mass is 9.76.